The number of carbonyl (C=O) groups excluding carboxylic acids is 1. The number of nitrogens with one attached hydrogen (secondary N) is 1. The van der Waals surface area contributed by atoms with Crippen LogP contribution in [-0.2, 0) is 14.8 Å². The molecule has 1 heterocycles. The summed E-state index contributed by atoms with van der Waals surface area (Å²) in [6.07, 6.45) is -1.02. The van der Waals surface area contributed by atoms with Gasteiger partial charge in [-0.3, -0.25) is 9.10 Å². The van der Waals surface area contributed by atoms with E-state index in [2.05, 4.69) is 5.32 Å². The number of fused-ring (bicyclic) bond motifs is 1. The molecule has 0 fully saturated rings. The molecule has 0 radical (unpaired) electrons. The van der Waals surface area contributed by atoms with Crippen molar-refractivity contribution in [2.45, 2.75) is 31.8 Å². The monoisotopic (exact) mass is 466 g/mol. The number of carbonyl (C=O) groups is 1. The van der Waals surface area contributed by atoms with Crippen molar-refractivity contribution in [1.29, 1.82) is 0 Å². The highest BCUT2D eigenvalue weighted by molar-refractivity contribution is 7.92. The van der Waals surface area contributed by atoms with E-state index in [1.54, 1.807) is 60.7 Å². The van der Waals surface area contributed by atoms with E-state index in [1.165, 1.54) is 4.31 Å². The summed E-state index contributed by atoms with van der Waals surface area (Å²) in [5, 5.41) is 2.80. The van der Waals surface area contributed by atoms with E-state index in [0.29, 0.717) is 29.5 Å². The molecule has 1 atom stereocenters. The Hall–Kier alpha value is -3.52. The molecule has 33 heavy (non-hydrogen) atoms. The first-order valence-electron chi connectivity index (χ1n) is 10.7. The lowest BCUT2D eigenvalue weighted by atomic mass is 10.1. The summed E-state index contributed by atoms with van der Waals surface area (Å²) in [6, 6.07) is 18.9. The molecule has 0 saturated carbocycles. The standard InChI is InChI=1S/C25H26N2O5S/c1-4-31-20-10-8-19(9-11-20)26-25(28)24-16-27(22-14-7-18(3)15-23(22)32-24)33(29,30)21-12-5-17(2)6-13-21/h5-15,24H,4,16H2,1-3H3,(H,26,28). The molecular weight excluding hydrogens is 440 g/mol. The van der Waals surface area contributed by atoms with Crippen molar-refractivity contribution in [3.05, 3.63) is 77.9 Å². The molecule has 1 N–H and O–H groups in total. The van der Waals surface area contributed by atoms with Gasteiger partial charge in [-0.05, 0) is 74.9 Å². The molecule has 3 aromatic carbocycles. The number of amides is 1. The van der Waals surface area contributed by atoms with Crippen LogP contribution in [0.25, 0.3) is 0 Å². The van der Waals surface area contributed by atoms with Gasteiger partial charge in [-0.15, -0.1) is 0 Å². The number of nitrogens with zero attached hydrogens (tertiary/aromatic N) is 1. The van der Waals surface area contributed by atoms with E-state index in [4.69, 9.17) is 9.47 Å². The van der Waals surface area contributed by atoms with Gasteiger partial charge in [0.05, 0.1) is 23.7 Å². The van der Waals surface area contributed by atoms with Crippen LogP contribution in [0.3, 0.4) is 0 Å². The Bertz CT molecular complexity index is 1250. The topological polar surface area (TPSA) is 84.9 Å². The van der Waals surface area contributed by atoms with Crippen molar-refractivity contribution in [1.82, 2.24) is 0 Å². The fraction of sp³-hybridized carbons (Fsp3) is 0.240. The number of ether oxygens (including phenoxy) is 2. The van der Waals surface area contributed by atoms with Gasteiger partial charge < -0.3 is 14.8 Å². The molecule has 172 valence electrons. The number of aryl methyl sites for hydroxylation is 2. The molecule has 1 unspecified atom stereocenters. The summed E-state index contributed by atoms with van der Waals surface area (Å²) in [5.74, 6) is 0.614. The molecule has 1 aliphatic rings. The van der Waals surface area contributed by atoms with Crippen molar-refractivity contribution >= 4 is 27.3 Å². The second-order valence-corrected chi connectivity index (χ2v) is 9.74. The first kappa shape index (κ1) is 22.7. The summed E-state index contributed by atoms with van der Waals surface area (Å²) in [4.78, 5) is 13.2. The van der Waals surface area contributed by atoms with E-state index in [0.717, 1.165) is 11.1 Å². The van der Waals surface area contributed by atoms with E-state index in [-0.39, 0.29) is 11.4 Å². The molecule has 0 spiro atoms. The highest BCUT2D eigenvalue weighted by atomic mass is 32.2. The Kier molecular flexibility index (Phi) is 6.29. The maximum Gasteiger partial charge on any atom is 0.267 e. The molecule has 0 aliphatic carbocycles. The molecule has 1 amide bonds. The van der Waals surface area contributed by atoms with Gasteiger partial charge in [0.25, 0.3) is 15.9 Å². The number of benzene rings is 3. The molecule has 0 aromatic heterocycles. The van der Waals surface area contributed by atoms with Gasteiger partial charge in [0.1, 0.15) is 11.5 Å². The van der Waals surface area contributed by atoms with Crippen LogP contribution in [0.1, 0.15) is 18.1 Å². The Morgan fingerprint density at radius 3 is 2.36 bits per heavy atom. The van der Waals surface area contributed by atoms with Crippen LogP contribution < -0.4 is 19.1 Å². The highest BCUT2D eigenvalue weighted by Crippen LogP contribution is 2.38. The van der Waals surface area contributed by atoms with Crippen LogP contribution in [0.5, 0.6) is 11.5 Å². The number of rotatable bonds is 6. The predicted octanol–water partition coefficient (Wildman–Crippen LogP) is 4.30. The van der Waals surface area contributed by atoms with Crippen molar-refractivity contribution in [3.63, 3.8) is 0 Å². The summed E-state index contributed by atoms with van der Waals surface area (Å²) in [5.41, 5.74) is 2.83. The van der Waals surface area contributed by atoms with Gasteiger partial charge in [-0.1, -0.05) is 23.8 Å². The largest absolute Gasteiger partial charge is 0.494 e. The molecule has 4 rings (SSSR count). The third-order valence-corrected chi connectivity index (χ3v) is 7.11. The van der Waals surface area contributed by atoms with Gasteiger partial charge in [-0.2, -0.15) is 0 Å². The van der Waals surface area contributed by atoms with E-state index < -0.39 is 22.0 Å². The molecule has 0 saturated heterocycles. The molecule has 1 aliphatic heterocycles. The van der Waals surface area contributed by atoms with Gasteiger partial charge in [0.2, 0.25) is 0 Å². The highest BCUT2D eigenvalue weighted by Gasteiger charge is 2.37. The van der Waals surface area contributed by atoms with E-state index >= 15 is 0 Å². The Morgan fingerprint density at radius 2 is 1.70 bits per heavy atom. The molecule has 0 bridgehead atoms. The first-order chi connectivity index (χ1) is 15.8. The van der Waals surface area contributed by atoms with Crippen molar-refractivity contribution in [2.24, 2.45) is 0 Å². The average Bonchev–Trinajstić information content (AvgIpc) is 2.79. The minimum absolute atomic E-state index is 0.144. The van der Waals surface area contributed by atoms with Crippen molar-refractivity contribution in [2.75, 3.05) is 22.8 Å². The first-order valence-corrected chi connectivity index (χ1v) is 12.1. The molecule has 7 nitrogen and oxygen atoms in total. The van der Waals surface area contributed by atoms with Crippen molar-refractivity contribution in [3.8, 4) is 11.5 Å². The van der Waals surface area contributed by atoms with Crippen LogP contribution in [0.2, 0.25) is 0 Å². The van der Waals surface area contributed by atoms with E-state index in [1.807, 2.05) is 26.8 Å². The quantitative estimate of drug-likeness (QED) is 0.586. The van der Waals surface area contributed by atoms with Crippen LogP contribution >= 0.6 is 0 Å². The number of hydrogen-bond acceptors (Lipinski definition) is 5. The SMILES string of the molecule is CCOc1ccc(NC(=O)C2CN(S(=O)(=O)c3ccc(C)cc3)c3ccc(C)cc3O2)cc1. The zero-order valence-electron chi connectivity index (χ0n) is 18.7. The second-order valence-electron chi connectivity index (χ2n) is 7.87. The minimum Gasteiger partial charge on any atom is -0.494 e. The fourth-order valence-electron chi connectivity index (χ4n) is 3.59. The summed E-state index contributed by atoms with van der Waals surface area (Å²) >= 11 is 0. The van der Waals surface area contributed by atoms with Crippen molar-refractivity contribution < 1.29 is 22.7 Å². The lowest BCUT2D eigenvalue weighted by molar-refractivity contribution is -0.122. The number of sulfonamides is 1. The average molecular weight is 467 g/mol. The zero-order valence-corrected chi connectivity index (χ0v) is 19.6. The van der Waals surface area contributed by atoms with Gasteiger partial charge in [0.15, 0.2) is 6.10 Å². The van der Waals surface area contributed by atoms with Gasteiger partial charge in [-0.25, -0.2) is 8.42 Å². The fourth-order valence-corrected chi connectivity index (χ4v) is 5.06. The lowest BCUT2D eigenvalue weighted by Gasteiger charge is -2.35. The minimum atomic E-state index is -3.90. The molecule has 3 aromatic rings. The summed E-state index contributed by atoms with van der Waals surface area (Å²) < 4.78 is 39.6. The Labute approximate surface area is 194 Å². The summed E-state index contributed by atoms with van der Waals surface area (Å²) in [6.45, 7) is 6.07. The Balaban J connectivity index is 1.63. The number of anilines is 2. The van der Waals surface area contributed by atoms with Crippen LogP contribution in [0.4, 0.5) is 11.4 Å². The normalized spacial score (nSPS) is 15.4. The Morgan fingerprint density at radius 1 is 1.03 bits per heavy atom. The smallest absolute Gasteiger partial charge is 0.267 e. The number of hydrogen-bond donors (Lipinski definition) is 1. The van der Waals surface area contributed by atoms with Crippen LogP contribution in [0.15, 0.2) is 71.6 Å². The third kappa shape index (κ3) is 4.80. The third-order valence-electron chi connectivity index (χ3n) is 5.32. The lowest BCUT2D eigenvalue weighted by Crippen LogP contribution is -2.48. The predicted molar refractivity (Wildman–Crippen MR) is 128 cm³/mol. The zero-order chi connectivity index (χ0) is 23.6. The van der Waals surface area contributed by atoms with Crippen LogP contribution in [-0.4, -0.2) is 33.6 Å². The maximum absolute atomic E-state index is 13.5. The molecule has 8 heteroatoms. The van der Waals surface area contributed by atoms with Gasteiger partial charge in [0, 0.05) is 5.69 Å². The van der Waals surface area contributed by atoms with Gasteiger partial charge >= 0.3 is 0 Å². The summed E-state index contributed by atoms with van der Waals surface area (Å²) in [7, 11) is -3.90. The van der Waals surface area contributed by atoms with E-state index in [9.17, 15) is 13.2 Å². The van der Waals surface area contributed by atoms with Crippen LogP contribution in [0, 0.1) is 13.8 Å². The second kappa shape index (κ2) is 9.15. The maximum atomic E-state index is 13.5. The molecular formula is C25H26N2O5S.